The number of nitrogens with one attached hydrogen (secondary N) is 2. The first-order valence-corrected chi connectivity index (χ1v) is 7.91. The van der Waals surface area contributed by atoms with Crippen molar-refractivity contribution in [1.29, 1.82) is 0 Å². The van der Waals surface area contributed by atoms with E-state index in [2.05, 4.69) is 10.6 Å². The molecule has 0 radical (unpaired) electrons. The van der Waals surface area contributed by atoms with Crippen LogP contribution < -0.4 is 10.6 Å². The molecule has 19 heavy (non-hydrogen) atoms. The fraction of sp³-hybridized carbons (Fsp3) is 0.933. The maximum Gasteiger partial charge on any atom is 0.220 e. The Bertz CT molecular complexity index is 277. The van der Waals surface area contributed by atoms with Crippen molar-refractivity contribution in [3.63, 3.8) is 0 Å². The second kappa shape index (κ2) is 7.85. The van der Waals surface area contributed by atoms with Crippen molar-refractivity contribution in [2.45, 2.75) is 57.5 Å². The van der Waals surface area contributed by atoms with Gasteiger partial charge in [0.1, 0.15) is 0 Å². The lowest BCUT2D eigenvalue weighted by molar-refractivity contribution is -0.121. The third-order valence-electron chi connectivity index (χ3n) is 4.61. The number of aliphatic hydroxyl groups excluding tert-OH is 1. The van der Waals surface area contributed by atoms with E-state index in [1.165, 1.54) is 19.3 Å². The highest BCUT2D eigenvalue weighted by Crippen LogP contribution is 2.23. The van der Waals surface area contributed by atoms with E-state index in [0.717, 1.165) is 38.8 Å². The van der Waals surface area contributed by atoms with Gasteiger partial charge >= 0.3 is 0 Å². The average Bonchev–Trinajstić information content (AvgIpc) is 2.45. The van der Waals surface area contributed by atoms with Crippen molar-refractivity contribution in [2.24, 2.45) is 11.8 Å². The van der Waals surface area contributed by atoms with Gasteiger partial charge < -0.3 is 15.7 Å². The number of hydrogen-bond donors (Lipinski definition) is 3. The third kappa shape index (κ3) is 5.11. The average molecular weight is 268 g/mol. The highest BCUT2D eigenvalue weighted by molar-refractivity contribution is 5.75. The van der Waals surface area contributed by atoms with Crippen molar-refractivity contribution in [1.82, 2.24) is 10.6 Å². The number of carbonyl (C=O) groups excluding carboxylic acids is 1. The maximum absolute atomic E-state index is 11.8. The van der Waals surface area contributed by atoms with E-state index < -0.39 is 0 Å². The molecule has 1 aliphatic heterocycles. The number of aliphatic hydroxyl groups is 1. The minimum atomic E-state index is -0.211. The molecule has 0 spiro atoms. The Morgan fingerprint density at radius 2 is 2.05 bits per heavy atom. The summed E-state index contributed by atoms with van der Waals surface area (Å²) in [6.45, 7) is 2.85. The van der Waals surface area contributed by atoms with Crippen molar-refractivity contribution in [3.8, 4) is 0 Å². The van der Waals surface area contributed by atoms with Crippen LogP contribution in [0.3, 0.4) is 0 Å². The Labute approximate surface area is 116 Å². The molecule has 1 saturated carbocycles. The van der Waals surface area contributed by atoms with Crippen LogP contribution in [0.25, 0.3) is 0 Å². The number of hydrogen-bond acceptors (Lipinski definition) is 3. The minimum Gasteiger partial charge on any atom is -0.393 e. The molecule has 1 heterocycles. The van der Waals surface area contributed by atoms with Crippen LogP contribution in [0.1, 0.15) is 51.4 Å². The van der Waals surface area contributed by atoms with Crippen LogP contribution in [0, 0.1) is 11.8 Å². The fourth-order valence-electron chi connectivity index (χ4n) is 3.27. The van der Waals surface area contributed by atoms with E-state index >= 15 is 0 Å². The monoisotopic (exact) mass is 268 g/mol. The zero-order valence-electron chi connectivity index (χ0n) is 11.9. The molecule has 3 unspecified atom stereocenters. The summed E-state index contributed by atoms with van der Waals surface area (Å²) in [6, 6.07) is 0. The first kappa shape index (κ1) is 14.8. The van der Waals surface area contributed by atoms with Gasteiger partial charge in [-0.1, -0.05) is 12.8 Å². The van der Waals surface area contributed by atoms with Gasteiger partial charge in [-0.2, -0.15) is 0 Å². The molecule has 4 nitrogen and oxygen atoms in total. The van der Waals surface area contributed by atoms with Crippen LogP contribution in [0.5, 0.6) is 0 Å². The molecule has 0 aromatic carbocycles. The molecule has 110 valence electrons. The summed E-state index contributed by atoms with van der Waals surface area (Å²) in [6.07, 6.45) is 8.16. The molecule has 0 bridgehead atoms. The van der Waals surface area contributed by atoms with Gasteiger partial charge in [-0.05, 0) is 51.1 Å². The molecule has 4 heteroatoms. The molecule has 3 N–H and O–H groups in total. The number of carbonyl (C=O) groups is 1. The summed E-state index contributed by atoms with van der Waals surface area (Å²) in [5, 5.41) is 16.2. The van der Waals surface area contributed by atoms with E-state index in [1.807, 2.05) is 0 Å². The van der Waals surface area contributed by atoms with Crippen LogP contribution >= 0.6 is 0 Å². The standard InChI is InChI=1S/C15H28N2O2/c18-14-6-2-1-5-13(14)11-17-15(19)8-7-12-4-3-9-16-10-12/h12-14,16,18H,1-11H2,(H,17,19). The minimum absolute atomic E-state index is 0.156. The smallest absolute Gasteiger partial charge is 0.220 e. The van der Waals surface area contributed by atoms with Crippen molar-refractivity contribution < 1.29 is 9.90 Å². The van der Waals surface area contributed by atoms with E-state index in [9.17, 15) is 9.90 Å². The van der Waals surface area contributed by atoms with Crippen LogP contribution in [-0.2, 0) is 4.79 Å². The highest BCUT2D eigenvalue weighted by Gasteiger charge is 2.23. The first-order chi connectivity index (χ1) is 9.25. The largest absolute Gasteiger partial charge is 0.393 e. The molecule has 1 aliphatic carbocycles. The summed E-state index contributed by atoms with van der Waals surface area (Å²) in [5.41, 5.74) is 0. The first-order valence-electron chi connectivity index (χ1n) is 7.91. The van der Waals surface area contributed by atoms with Gasteiger partial charge in [0, 0.05) is 18.9 Å². The van der Waals surface area contributed by atoms with Crippen LogP contribution in [0.15, 0.2) is 0 Å². The predicted molar refractivity (Wildman–Crippen MR) is 75.8 cm³/mol. The molecule has 2 aliphatic rings. The van der Waals surface area contributed by atoms with Gasteiger partial charge in [0.2, 0.25) is 5.91 Å². The van der Waals surface area contributed by atoms with Crippen molar-refractivity contribution in [2.75, 3.05) is 19.6 Å². The molecule has 3 atom stereocenters. The number of amides is 1. The molecule has 1 saturated heterocycles. The van der Waals surface area contributed by atoms with Crippen LogP contribution in [-0.4, -0.2) is 36.8 Å². The van der Waals surface area contributed by atoms with Gasteiger partial charge in [-0.15, -0.1) is 0 Å². The molecule has 2 fully saturated rings. The molecule has 0 aromatic heterocycles. The van der Waals surface area contributed by atoms with Gasteiger partial charge in [-0.3, -0.25) is 4.79 Å². The summed E-state index contributed by atoms with van der Waals surface area (Å²) in [5.74, 6) is 1.09. The quantitative estimate of drug-likeness (QED) is 0.707. The zero-order valence-corrected chi connectivity index (χ0v) is 11.9. The second-order valence-corrected chi connectivity index (χ2v) is 6.17. The maximum atomic E-state index is 11.8. The molecule has 0 aromatic rings. The Kier molecular flexibility index (Phi) is 6.11. The molecular weight excluding hydrogens is 240 g/mol. The lowest BCUT2D eigenvalue weighted by Crippen LogP contribution is -2.37. The fourth-order valence-corrected chi connectivity index (χ4v) is 3.27. The third-order valence-corrected chi connectivity index (χ3v) is 4.61. The normalized spacial score (nSPS) is 31.9. The summed E-state index contributed by atoms with van der Waals surface area (Å²) in [4.78, 5) is 11.8. The summed E-state index contributed by atoms with van der Waals surface area (Å²) >= 11 is 0. The predicted octanol–water partition coefficient (Wildman–Crippen LogP) is 1.43. The van der Waals surface area contributed by atoms with Crippen molar-refractivity contribution >= 4 is 5.91 Å². The Balaban J connectivity index is 1.58. The Hall–Kier alpha value is -0.610. The zero-order chi connectivity index (χ0) is 13.5. The van der Waals surface area contributed by atoms with Crippen LogP contribution in [0.4, 0.5) is 0 Å². The number of rotatable bonds is 5. The van der Waals surface area contributed by atoms with Crippen LogP contribution in [0.2, 0.25) is 0 Å². The van der Waals surface area contributed by atoms with E-state index in [-0.39, 0.29) is 17.9 Å². The lowest BCUT2D eigenvalue weighted by Gasteiger charge is -2.27. The summed E-state index contributed by atoms with van der Waals surface area (Å²) < 4.78 is 0. The number of piperidine rings is 1. The molecular formula is C15H28N2O2. The SMILES string of the molecule is O=C(CCC1CCCNC1)NCC1CCCCC1O. The van der Waals surface area contributed by atoms with E-state index in [1.54, 1.807) is 0 Å². The van der Waals surface area contributed by atoms with Gasteiger partial charge in [0.05, 0.1) is 6.10 Å². The molecule has 1 amide bonds. The Morgan fingerprint density at radius 3 is 2.79 bits per heavy atom. The second-order valence-electron chi connectivity index (χ2n) is 6.17. The summed E-state index contributed by atoms with van der Waals surface area (Å²) in [7, 11) is 0. The topological polar surface area (TPSA) is 61.4 Å². The van der Waals surface area contributed by atoms with Crippen molar-refractivity contribution in [3.05, 3.63) is 0 Å². The molecule has 2 rings (SSSR count). The van der Waals surface area contributed by atoms with Gasteiger partial charge in [0.15, 0.2) is 0 Å². The Morgan fingerprint density at radius 1 is 1.21 bits per heavy atom. The van der Waals surface area contributed by atoms with E-state index in [0.29, 0.717) is 18.9 Å². The van der Waals surface area contributed by atoms with Gasteiger partial charge in [-0.25, -0.2) is 0 Å². The van der Waals surface area contributed by atoms with E-state index in [4.69, 9.17) is 0 Å². The highest BCUT2D eigenvalue weighted by atomic mass is 16.3. The van der Waals surface area contributed by atoms with Gasteiger partial charge in [0.25, 0.3) is 0 Å². The lowest BCUT2D eigenvalue weighted by atomic mass is 9.86.